The number of aromatic nitrogens is 4. The second-order valence-electron chi connectivity index (χ2n) is 6.83. The monoisotopic (exact) mass is 344 g/mol. The summed E-state index contributed by atoms with van der Waals surface area (Å²) in [7, 11) is 0. The molecule has 25 heavy (non-hydrogen) atoms. The van der Waals surface area contributed by atoms with Gasteiger partial charge in [0.1, 0.15) is 12.1 Å². The first-order valence-electron chi connectivity index (χ1n) is 8.94. The van der Waals surface area contributed by atoms with Crippen LogP contribution >= 0.6 is 0 Å². The van der Waals surface area contributed by atoms with Gasteiger partial charge in [-0.3, -0.25) is 4.90 Å². The van der Waals surface area contributed by atoms with Crippen LogP contribution in [0.4, 0.5) is 5.82 Å². The van der Waals surface area contributed by atoms with Crippen molar-refractivity contribution < 1.29 is 9.15 Å². The fourth-order valence-corrected chi connectivity index (χ4v) is 3.39. The molecule has 8 heteroatoms. The van der Waals surface area contributed by atoms with E-state index >= 15 is 0 Å². The molecule has 4 rings (SSSR count). The van der Waals surface area contributed by atoms with Crippen LogP contribution in [-0.2, 0) is 11.3 Å². The molecule has 2 saturated heterocycles. The molecule has 1 unspecified atom stereocenters. The van der Waals surface area contributed by atoms with Crippen molar-refractivity contribution >= 4 is 5.82 Å². The summed E-state index contributed by atoms with van der Waals surface area (Å²) in [5, 5.41) is 11.9. The molecule has 1 N–H and O–H groups in total. The maximum absolute atomic E-state index is 5.83. The number of piperidine rings is 1. The number of hydrogen-bond donors (Lipinski definition) is 1. The van der Waals surface area contributed by atoms with Crippen molar-refractivity contribution in [1.82, 2.24) is 25.1 Å². The Morgan fingerprint density at radius 3 is 2.84 bits per heavy atom. The van der Waals surface area contributed by atoms with Crippen molar-refractivity contribution in [2.45, 2.75) is 44.7 Å². The molecule has 0 aromatic carbocycles. The molecule has 2 aromatic rings. The highest BCUT2D eigenvalue weighted by Gasteiger charge is 2.25. The standard InChI is InChI=1S/C17H24N6O2/c1-12-8-15(19-11-18-12)20-14-2-5-23(6-3-14)9-16-21-22-17(25-16)13-4-7-24-10-13/h8,11,13-14H,2-7,9-10H2,1H3,(H,18,19,20). The third-order valence-electron chi connectivity index (χ3n) is 4.86. The molecular formula is C17H24N6O2. The SMILES string of the molecule is Cc1cc(NC2CCN(Cc3nnc(C4CCOC4)o3)CC2)ncn1. The highest BCUT2D eigenvalue weighted by molar-refractivity contribution is 5.35. The molecule has 2 fully saturated rings. The molecule has 0 spiro atoms. The van der Waals surface area contributed by atoms with E-state index in [0.29, 0.717) is 18.5 Å². The number of ether oxygens (including phenoxy) is 1. The Labute approximate surface area is 147 Å². The number of anilines is 1. The topological polar surface area (TPSA) is 89.2 Å². The zero-order chi connectivity index (χ0) is 17.1. The molecule has 4 heterocycles. The molecule has 0 bridgehead atoms. The molecule has 0 aliphatic carbocycles. The lowest BCUT2D eigenvalue weighted by molar-refractivity contribution is 0.184. The van der Waals surface area contributed by atoms with Gasteiger partial charge in [-0.15, -0.1) is 10.2 Å². The fourth-order valence-electron chi connectivity index (χ4n) is 3.39. The molecule has 2 aliphatic heterocycles. The predicted molar refractivity (Wildman–Crippen MR) is 91.2 cm³/mol. The Kier molecular flexibility index (Phi) is 4.89. The lowest BCUT2D eigenvalue weighted by Crippen LogP contribution is -2.38. The molecule has 134 valence electrons. The first-order valence-corrected chi connectivity index (χ1v) is 8.94. The van der Waals surface area contributed by atoms with Crippen molar-refractivity contribution in [2.75, 3.05) is 31.6 Å². The maximum atomic E-state index is 5.83. The minimum atomic E-state index is 0.271. The second-order valence-corrected chi connectivity index (χ2v) is 6.83. The lowest BCUT2D eigenvalue weighted by Gasteiger charge is -2.31. The van der Waals surface area contributed by atoms with Gasteiger partial charge in [-0.1, -0.05) is 0 Å². The zero-order valence-electron chi connectivity index (χ0n) is 14.5. The molecule has 0 amide bonds. The van der Waals surface area contributed by atoms with Crippen LogP contribution in [0.2, 0.25) is 0 Å². The molecule has 0 saturated carbocycles. The van der Waals surface area contributed by atoms with E-state index < -0.39 is 0 Å². The molecule has 1 atom stereocenters. The van der Waals surface area contributed by atoms with Gasteiger partial charge in [-0.25, -0.2) is 9.97 Å². The average molecular weight is 344 g/mol. The van der Waals surface area contributed by atoms with Crippen LogP contribution in [0.25, 0.3) is 0 Å². The number of likely N-dealkylation sites (tertiary alicyclic amines) is 1. The van der Waals surface area contributed by atoms with Crippen LogP contribution in [0, 0.1) is 6.92 Å². The summed E-state index contributed by atoms with van der Waals surface area (Å²) < 4.78 is 11.2. The second kappa shape index (κ2) is 7.45. The van der Waals surface area contributed by atoms with Gasteiger partial charge < -0.3 is 14.5 Å². The minimum absolute atomic E-state index is 0.271. The van der Waals surface area contributed by atoms with Crippen LogP contribution in [0.15, 0.2) is 16.8 Å². The van der Waals surface area contributed by atoms with Crippen molar-refractivity contribution in [3.05, 3.63) is 29.9 Å². The van der Waals surface area contributed by atoms with Crippen molar-refractivity contribution in [3.63, 3.8) is 0 Å². The Bertz CT molecular complexity index is 692. The number of aryl methyl sites for hydroxylation is 1. The van der Waals surface area contributed by atoms with Crippen molar-refractivity contribution in [1.29, 1.82) is 0 Å². The molecular weight excluding hydrogens is 320 g/mol. The first-order chi connectivity index (χ1) is 12.3. The summed E-state index contributed by atoms with van der Waals surface area (Å²) in [4.78, 5) is 10.8. The summed E-state index contributed by atoms with van der Waals surface area (Å²) in [5.74, 6) is 2.61. The summed E-state index contributed by atoms with van der Waals surface area (Å²) in [6.07, 6.45) is 4.72. The Morgan fingerprint density at radius 2 is 2.08 bits per heavy atom. The van der Waals surface area contributed by atoms with Gasteiger partial charge in [0, 0.05) is 37.5 Å². The Balaban J connectivity index is 1.26. The van der Waals surface area contributed by atoms with E-state index in [9.17, 15) is 0 Å². The zero-order valence-corrected chi connectivity index (χ0v) is 14.5. The summed E-state index contributed by atoms with van der Waals surface area (Å²) in [6, 6.07) is 2.43. The van der Waals surface area contributed by atoms with Crippen LogP contribution < -0.4 is 5.32 Å². The predicted octanol–water partition coefficient (Wildman–Crippen LogP) is 1.75. The van der Waals surface area contributed by atoms with Crippen LogP contribution in [0.5, 0.6) is 0 Å². The molecule has 2 aliphatic rings. The largest absolute Gasteiger partial charge is 0.423 e. The minimum Gasteiger partial charge on any atom is -0.423 e. The van der Waals surface area contributed by atoms with Crippen molar-refractivity contribution in [3.8, 4) is 0 Å². The summed E-state index contributed by atoms with van der Waals surface area (Å²) in [6.45, 7) is 6.19. The normalized spacial score (nSPS) is 22.4. The fraction of sp³-hybridized carbons (Fsp3) is 0.647. The highest BCUT2D eigenvalue weighted by atomic mass is 16.5. The van der Waals surface area contributed by atoms with E-state index in [1.54, 1.807) is 6.33 Å². The van der Waals surface area contributed by atoms with E-state index in [0.717, 1.165) is 62.9 Å². The average Bonchev–Trinajstić information content (AvgIpc) is 3.28. The van der Waals surface area contributed by atoms with Gasteiger partial charge in [0.25, 0.3) is 0 Å². The summed E-state index contributed by atoms with van der Waals surface area (Å²) >= 11 is 0. The third-order valence-corrected chi connectivity index (χ3v) is 4.86. The van der Waals surface area contributed by atoms with Crippen LogP contribution in [0.3, 0.4) is 0 Å². The van der Waals surface area contributed by atoms with E-state index in [-0.39, 0.29) is 5.92 Å². The number of nitrogens with one attached hydrogen (secondary N) is 1. The van der Waals surface area contributed by atoms with Gasteiger partial charge in [-0.05, 0) is 26.2 Å². The third kappa shape index (κ3) is 4.13. The first kappa shape index (κ1) is 16.4. The number of nitrogens with zero attached hydrogens (tertiary/aromatic N) is 5. The van der Waals surface area contributed by atoms with Crippen LogP contribution in [-0.4, -0.2) is 57.4 Å². The van der Waals surface area contributed by atoms with Crippen molar-refractivity contribution in [2.24, 2.45) is 0 Å². The van der Waals surface area contributed by atoms with Crippen LogP contribution in [0.1, 0.15) is 42.7 Å². The Morgan fingerprint density at radius 1 is 1.20 bits per heavy atom. The molecule has 8 nitrogen and oxygen atoms in total. The lowest BCUT2D eigenvalue weighted by atomic mass is 10.1. The van der Waals surface area contributed by atoms with Gasteiger partial charge >= 0.3 is 0 Å². The summed E-state index contributed by atoms with van der Waals surface area (Å²) in [5.41, 5.74) is 0.981. The molecule has 2 aromatic heterocycles. The van der Waals surface area contributed by atoms with E-state index in [1.807, 2.05) is 13.0 Å². The van der Waals surface area contributed by atoms with Gasteiger partial charge in [0.2, 0.25) is 11.8 Å². The van der Waals surface area contributed by atoms with Gasteiger partial charge in [0.05, 0.1) is 19.1 Å². The maximum Gasteiger partial charge on any atom is 0.230 e. The molecule has 0 radical (unpaired) electrons. The smallest absolute Gasteiger partial charge is 0.230 e. The van der Waals surface area contributed by atoms with E-state index in [2.05, 4.69) is 30.4 Å². The number of hydrogen-bond acceptors (Lipinski definition) is 8. The quantitative estimate of drug-likeness (QED) is 0.877. The number of rotatable bonds is 5. The highest BCUT2D eigenvalue weighted by Crippen LogP contribution is 2.24. The van der Waals surface area contributed by atoms with E-state index in [4.69, 9.17) is 9.15 Å². The van der Waals surface area contributed by atoms with Gasteiger partial charge in [0.15, 0.2) is 0 Å². The van der Waals surface area contributed by atoms with Gasteiger partial charge in [-0.2, -0.15) is 0 Å². The van der Waals surface area contributed by atoms with E-state index in [1.165, 1.54) is 0 Å². The Hall–Kier alpha value is -2.06.